The Hall–Kier alpha value is -2.42. The standard InChI is InChI=1S/C17H24N2O6S/c1-7-24-16(23)18-11(20)8-25-14(21)12-9(2)10(3)26-13(12)19-15(22)17(4,5)6/h7-8H2,1-6H3,(H,19,22)(H,18,20,23). The maximum absolute atomic E-state index is 12.4. The average Bonchev–Trinajstić information content (AvgIpc) is 2.78. The molecule has 8 nitrogen and oxygen atoms in total. The van der Waals surface area contributed by atoms with Crippen molar-refractivity contribution < 1.29 is 28.7 Å². The van der Waals surface area contributed by atoms with E-state index in [4.69, 9.17) is 4.74 Å². The lowest BCUT2D eigenvalue weighted by molar-refractivity contribution is -0.124. The lowest BCUT2D eigenvalue weighted by atomic mass is 9.96. The summed E-state index contributed by atoms with van der Waals surface area (Å²) in [7, 11) is 0. The molecule has 0 unspecified atom stereocenters. The van der Waals surface area contributed by atoms with Gasteiger partial charge >= 0.3 is 12.1 Å². The molecule has 3 amide bonds. The van der Waals surface area contributed by atoms with Crippen LogP contribution in [0.3, 0.4) is 0 Å². The smallest absolute Gasteiger partial charge is 0.413 e. The molecule has 0 aliphatic heterocycles. The molecule has 0 radical (unpaired) electrons. The fraction of sp³-hybridized carbons (Fsp3) is 0.529. The molecule has 2 N–H and O–H groups in total. The van der Waals surface area contributed by atoms with Crippen molar-refractivity contribution in [3.05, 3.63) is 16.0 Å². The number of alkyl carbamates (subject to hydrolysis) is 1. The number of nitrogens with one attached hydrogen (secondary N) is 2. The highest BCUT2D eigenvalue weighted by Crippen LogP contribution is 2.34. The Morgan fingerprint density at radius 3 is 2.23 bits per heavy atom. The van der Waals surface area contributed by atoms with E-state index in [0.717, 1.165) is 4.88 Å². The molecule has 0 aromatic carbocycles. The zero-order valence-electron chi connectivity index (χ0n) is 15.8. The normalized spacial score (nSPS) is 10.8. The second-order valence-electron chi connectivity index (χ2n) is 6.54. The molecular weight excluding hydrogens is 360 g/mol. The minimum Gasteiger partial charge on any atom is -0.452 e. The zero-order chi connectivity index (χ0) is 20.1. The molecule has 0 saturated carbocycles. The first kappa shape index (κ1) is 21.6. The van der Waals surface area contributed by atoms with E-state index in [1.807, 2.05) is 12.2 Å². The lowest BCUT2D eigenvalue weighted by Crippen LogP contribution is -2.34. The lowest BCUT2D eigenvalue weighted by Gasteiger charge is -2.17. The van der Waals surface area contributed by atoms with E-state index in [-0.39, 0.29) is 18.1 Å². The molecule has 0 fully saturated rings. The fourth-order valence-corrected chi connectivity index (χ4v) is 2.82. The van der Waals surface area contributed by atoms with Gasteiger partial charge in [-0.3, -0.25) is 14.9 Å². The highest BCUT2D eigenvalue weighted by atomic mass is 32.1. The molecule has 0 saturated heterocycles. The average molecular weight is 384 g/mol. The summed E-state index contributed by atoms with van der Waals surface area (Å²) >= 11 is 1.26. The van der Waals surface area contributed by atoms with Crippen LogP contribution in [0, 0.1) is 19.3 Å². The number of hydrogen-bond donors (Lipinski definition) is 2. The summed E-state index contributed by atoms with van der Waals surface area (Å²) in [6.07, 6.45) is -0.908. The van der Waals surface area contributed by atoms with E-state index in [2.05, 4.69) is 10.1 Å². The Balaban J connectivity index is 2.84. The first-order valence-corrected chi connectivity index (χ1v) is 8.84. The maximum atomic E-state index is 12.4. The number of rotatable bonds is 5. The van der Waals surface area contributed by atoms with Crippen molar-refractivity contribution in [3.63, 3.8) is 0 Å². The Kier molecular flexibility index (Phi) is 7.31. The van der Waals surface area contributed by atoms with E-state index in [1.54, 1.807) is 34.6 Å². The van der Waals surface area contributed by atoms with Crippen LogP contribution in [0.15, 0.2) is 0 Å². The molecular formula is C17H24N2O6S. The molecule has 26 heavy (non-hydrogen) atoms. The summed E-state index contributed by atoms with van der Waals surface area (Å²) < 4.78 is 9.53. The maximum Gasteiger partial charge on any atom is 0.413 e. The second kappa shape index (κ2) is 8.79. The number of carbonyl (C=O) groups excluding carboxylic acids is 4. The number of amides is 3. The fourth-order valence-electron chi connectivity index (χ4n) is 1.77. The van der Waals surface area contributed by atoms with Crippen molar-refractivity contribution >= 4 is 40.2 Å². The Labute approximate surface area is 156 Å². The van der Waals surface area contributed by atoms with Gasteiger partial charge in [-0.1, -0.05) is 20.8 Å². The zero-order valence-corrected chi connectivity index (χ0v) is 16.6. The number of esters is 1. The quantitative estimate of drug-likeness (QED) is 0.755. The third kappa shape index (κ3) is 5.83. The Morgan fingerprint density at radius 1 is 1.08 bits per heavy atom. The van der Waals surface area contributed by atoms with E-state index in [0.29, 0.717) is 10.6 Å². The second-order valence-corrected chi connectivity index (χ2v) is 7.76. The van der Waals surface area contributed by atoms with Gasteiger partial charge in [-0.15, -0.1) is 11.3 Å². The van der Waals surface area contributed by atoms with Gasteiger partial charge in [0.25, 0.3) is 5.91 Å². The summed E-state index contributed by atoms with van der Waals surface area (Å²) in [5.74, 6) is -1.80. The number of anilines is 1. The molecule has 0 aliphatic carbocycles. The number of aryl methyl sites for hydroxylation is 1. The van der Waals surface area contributed by atoms with Crippen molar-refractivity contribution in [2.24, 2.45) is 5.41 Å². The topological polar surface area (TPSA) is 111 Å². The highest BCUT2D eigenvalue weighted by Gasteiger charge is 2.27. The molecule has 0 spiro atoms. The SMILES string of the molecule is CCOC(=O)NC(=O)COC(=O)c1c(NC(=O)C(C)(C)C)sc(C)c1C. The monoisotopic (exact) mass is 384 g/mol. The number of carbonyl (C=O) groups is 4. The van der Waals surface area contributed by atoms with E-state index in [1.165, 1.54) is 11.3 Å². The van der Waals surface area contributed by atoms with Crippen LogP contribution >= 0.6 is 11.3 Å². The van der Waals surface area contributed by atoms with Crippen LogP contribution in [0.25, 0.3) is 0 Å². The summed E-state index contributed by atoms with van der Waals surface area (Å²) in [6, 6.07) is 0. The molecule has 1 heterocycles. The summed E-state index contributed by atoms with van der Waals surface area (Å²) in [5, 5.41) is 5.03. The van der Waals surface area contributed by atoms with Gasteiger partial charge < -0.3 is 14.8 Å². The van der Waals surface area contributed by atoms with Crippen molar-refractivity contribution in [1.82, 2.24) is 5.32 Å². The summed E-state index contributed by atoms with van der Waals surface area (Å²) in [6.45, 7) is 9.89. The minimum absolute atomic E-state index is 0.114. The predicted octanol–water partition coefficient (Wildman–Crippen LogP) is 2.78. The van der Waals surface area contributed by atoms with Gasteiger partial charge in [0.2, 0.25) is 5.91 Å². The van der Waals surface area contributed by atoms with E-state index >= 15 is 0 Å². The number of hydrogen-bond acceptors (Lipinski definition) is 7. The first-order valence-electron chi connectivity index (χ1n) is 8.02. The van der Waals surface area contributed by atoms with Crippen molar-refractivity contribution in [3.8, 4) is 0 Å². The van der Waals surface area contributed by atoms with Crippen LogP contribution < -0.4 is 10.6 Å². The molecule has 0 atom stereocenters. The summed E-state index contributed by atoms with van der Waals surface area (Å²) in [4.78, 5) is 48.2. The van der Waals surface area contributed by atoms with Gasteiger partial charge in [0.05, 0.1) is 12.2 Å². The van der Waals surface area contributed by atoms with Gasteiger partial charge in [0.1, 0.15) is 5.00 Å². The van der Waals surface area contributed by atoms with Gasteiger partial charge in [0, 0.05) is 10.3 Å². The van der Waals surface area contributed by atoms with Gasteiger partial charge in [-0.2, -0.15) is 0 Å². The van der Waals surface area contributed by atoms with Gasteiger partial charge in [0.15, 0.2) is 6.61 Å². The molecule has 1 aromatic heterocycles. The van der Waals surface area contributed by atoms with Crippen LogP contribution in [-0.4, -0.2) is 37.1 Å². The molecule has 1 aromatic rings. The van der Waals surface area contributed by atoms with Crippen LogP contribution in [0.1, 0.15) is 48.5 Å². The summed E-state index contributed by atoms with van der Waals surface area (Å²) in [5.41, 5.74) is 0.232. The third-order valence-corrected chi connectivity index (χ3v) is 4.47. The van der Waals surface area contributed by atoms with Crippen molar-refractivity contribution in [1.29, 1.82) is 0 Å². The van der Waals surface area contributed by atoms with Crippen LogP contribution in [0.5, 0.6) is 0 Å². The molecule has 144 valence electrons. The third-order valence-electron chi connectivity index (χ3n) is 3.35. The molecule has 9 heteroatoms. The van der Waals surface area contributed by atoms with E-state index in [9.17, 15) is 19.2 Å². The van der Waals surface area contributed by atoms with Gasteiger partial charge in [-0.25, -0.2) is 9.59 Å². The van der Waals surface area contributed by atoms with Crippen molar-refractivity contribution in [2.75, 3.05) is 18.5 Å². The molecule has 0 aliphatic rings. The first-order chi connectivity index (χ1) is 12.0. The van der Waals surface area contributed by atoms with Crippen LogP contribution in [0.2, 0.25) is 0 Å². The van der Waals surface area contributed by atoms with Gasteiger partial charge in [-0.05, 0) is 26.3 Å². The largest absolute Gasteiger partial charge is 0.452 e. The predicted molar refractivity (Wildman–Crippen MR) is 97.3 cm³/mol. The molecule has 1 rings (SSSR count). The number of ether oxygens (including phenoxy) is 2. The minimum atomic E-state index is -0.908. The highest BCUT2D eigenvalue weighted by molar-refractivity contribution is 7.16. The molecule has 0 bridgehead atoms. The Bertz CT molecular complexity index is 718. The Morgan fingerprint density at radius 2 is 1.69 bits per heavy atom. The van der Waals surface area contributed by atoms with Crippen molar-refractivity contribution in [2.45, 2.75) is 41.5 Å². The van der Waals surface area contributed by atoms with Crippen LogP contribution in [-0.2, 0) is 19.1 Å². The van der Waals surface area contributed by atoms with E-state index < -0.39 is 30.0 Å². The number of imide groups is 1. The van der Waals surface area contributed by atoms with Crippen LogP contribution in [0.4, 0.5) is 9.80 Å². The number of thiophene rings is 1.